The van der Waals surface area contributed by atoms with Crippen molar-refractivity contribution in [2.75, 3.05) is 13.7 Å². The van der Waals surface area contributed by atoms with Crippen LogP contribution in [0, 0.1) is 5.82 Å². The van der Waals surface area contributed by atoms with E-state index in [1.807, 2.05) is 0 Å². The molecular weight excluding hydrogens is 217 g/mol. The molecular formula is C11H15ClFNO. The molecule has 0 radical (unpaired) electrons. The van der Waals surface area contributed by atoms with Crippen LogP contribution in [-0.4, -0.2) is 13.7 Å². The van der Waals surface area contributed by atoms with Crippen LogP contribution in [0.25, 0.3) is 0 Å². The van der Waals surface area contributed by atoms with Gasteiger partial charge in [0.05, 0.1) is 5.02 Å². The Morgan fingerprint density at radius 3 is 2.93 bits per heavy atom. The second kappa shape index (κ2) is 6.05. The first-order valence-corrected chi connectivity index (χ1v) is 5.23. The minimum absolute atomic E-state index is 0.120. The molecule has 1 aromatic carbocycles. The van der Waals surface area contributed by atoms with Gasteiger partial charge in [0.25, 0.3) is 0 Å². The van der Waals surface area contributed by atoms with Crippen molar-refractivity contribution in [2.24, 2.45) is 5.73 Å². The summed E-state index contributed by atoms with van der Waals surface area (Å²) in [4.78, 5) is 0. The molecule has 0 aromatic heterocycles. The molecule has 0 saturated heterocycles. The largest absolute Gasteiger partial charge is 0.385 e. The Balaban J connectivity index is 2.65. The van der Waals surface area contributed by atoms with Crippen LogP contribution >= 0.6 is 11.6 Å². The molecule has 0 spiro atoms. The number of benzene rings is 1. The van der Waals surface area contributed by atoms with Crippen molar-refractivity contribution in [1.82, 2.24) is 0 Å². The second-order valence-corrected chi connectivity index (χ2v) is 3.79. The highest BCUT2D eigenvalue weighted by Crippen LogP contribution is 2.24. The van der Waals surface area contributed by atoms with E-state index in [0.29, 0.717) is 18.6 Å². The predicted molar refractivity (Wildman–Crippen MR) is 59.4 cm³/mol. The highest BCUT2D eigenvalue weighted by Gasteiger charge is 2.12. The van der Waals surface area contributed by atoms with Gasteiger partial charge in [-0.15, -0.1) is 0 Å². The molecule has 0 heterocycles. The van der Waals surface area contributed by atoms with Gasteiger partial charge in [-0.1, -0.05) is 23.7 Å². The van der Waals surface area contributed by atoms with Gasteiger partial charge < -0.3 is 10.5 Å². The Bertz CT molecular complexity index is 319. The van der Waals surface area contributed by atoms with Gasteiger partial charge in [0, 0.05) is 25.3 Å². The van der Waals surface area contributed by atoms with Crippen molar-refractivity contribution < 1.29 is 9.13 Å². The quantitative estimate of drug-likeness (QED) is 0.791. The van der Waals surface area contributed by atoms with Crippen LogP contribution in [0.4, 0.5) is 4.39 Å². The Kier molecular flexibility index (Phi) is 5.02. The van der Waals surface area contributed by atoms with E-state index in [1.54, 1.807) is 19.2 Å². The molecule has 0 aliphatic rings. The molecule has 0 saturated carbocycles. The molecule has 0 aliphatic heterocycles. The van der Waals surface area contributed by atoms with E-state index in [-0.39, 0.29) is 11.1 Å². The van der Waals surface area contributed by atoms with Gasteiger partial charge in [-0.3, -0.25) is 0 Å². The van der Waals surface area contributed by atoms with Crippen LogP contribution in [0.15, 0.2) is 18.2 Å². The Hall–Kier alpha value is -0.640. The van der Waals surface area contributed by atoms with Gasteiger partial charge in [-0.25, -0.2) is 4.39 Å². The number of hydrogen-bond donors (Lipinski definition) is 1. The van der Waals surface area contributed by atoms with Gasteiger partial charge in [0.2, 0.25) is 0 Å². The molecule has 84 valence electrons. The van der Waals surface area contributed by atoms with Crippen LogP contribution in [0.2, 0.25) is 5.02 Å². The molecule has 0 aliphatic carbocycles. The summed E-state index contributed by atoms with van der Waals surface area (Å²) >= 11 is 5.66. The average Bonchev–Trinajstić information content (AvgIpc) is 2.22. The van der Waals surface area contributed by atoms with Crippen molar-refractivity contribution in [1.29, 1.82) is 0 Å². The van der Waals surface area contributed by atoms with Gasteiger partial charge in [-0.2, -0.15) is 0 Å². The molecule has 4 heteroatoms. The summed E-state index contributed by atoms with van der Waals surface area (Å²) < 4.78 is 18.4. The summed E-state index contributed by atoms with van der Waals surface area (Å²) in [5, 5.41) is 0.120. The third kappa shape index (κ3) is 3.45. The molecule has 0 amide bonds. The van der Waals surface area contributed by atoms with Crippen molar-refractivity contribution in [2.45, 2.75) is 18.9 Å². The lowest BCUT2D eigenvalue weighted by Crippen LogP contribution is -2.13. The number of ether oxygens (including phenoxy) is 1. The lowest BCUT2D eigenvalue weighted by Gasteiger charge is -2.13. The highest BCUT2D eigenvalue weighted by molar-refractivity contribution is 6.30. The monoisotopic (exact) mass is 231 g/mol. The fourth-order valence-electron chi connectivity index (χ4n) is 1.41. The summed E-state index contributed by atoms with van der Waals surface area (Å²) in [7, 11) is 1.63. The lowest BCUT2D eigenvalue weighted by molar-refractivity contribution is 0.190. The standard InChI is InChI=1S/C11H15ClFNO/c1-15-7-3-6-10(14)8-4-2-5-9(12)11(8)13/h2,4-5,10H,3,6-7,14H2,1H3. The summed E-state index contributed by atoms with van der Waals surface area (Å²) in [5.74, 6) is -0.413. The highest BCUT2D eigenvalue weighted by atomic mass is 35.5. The molecule has 15 heavy (non-hydrogen) atoms. The Labute approximate surface area is 94.2 Å². The smallest absolute Gasteiger partial charge is 0.146 e. The lowest BCUT2D eigenvalue weighted by atomic mass is 10.0. The fraction of sp³-hybridized carbons (Fsp3) is 0.455. The van der Waals surface area contributed by atoms with E-state index in [4.69, 9.17) is 22.1 Å². The first-order chi connectivity index (χ1) is 7.16. The van der Waals surface area contributed by atoms with Gasteiger partial charge in [0.15, 0.2) is 0 Å². The van der Waals surface area contributed by atoms with Crippen molar-refractivity contribution in [3.8, 4) is 0 Å². The van der Waals surface area contributed by atoms with Crippen LogP contribution in [-0.2, 0) is 4.74 Å². The maximum Gasteiger partial charge on any atom is 0.146 e. The number of nitrogens with two attached hydrogens (primary N) is 1. The minimum Gasteiger partial charge on any atom is -0.385 e. The van der Waals surface area contributed by atoms with E-state index in [0.717, 1.165) is 6.42 Å². The molecule has 2 nitrogen and oxygen atoms in total. The van der Waals surface area contributed by atoms with E-state index in [9.17, 15) is 4.39 Å². The van der Waals surface area contributed by atoms with Crippen molar-refractivity contribution in [3.05, 3.63) is 34.6 Å². The topological polar surface area (TPSA) is 35.2 Å². The van der Waals surface area contributed by atoms with Crippen LogP contribution in [0.3, 0.4) is 0 Å². The van der Waals surface area contributed by atoms with Crippen LogP contribution < -0.4 is 5.73 Å². The number of halogens is 2. The first kappa shape index (κ1) is 12.4. The molecule has 1 unspecified atom stereocenters. The van der Waals surface area contributed by atoms with E-state index in [2.05, 4.69) is 0 Å². The zero-order chi connectivity index (χ0) is 11.3. The third-order valence-electron chi connectivity index (χ3n) is 2.24. The first-order valence-electron chi connectivity index (χ1n) is 4.85. The molecule has 0 bridgehead atoms. The Morgan fingerprint density at radius 2 is 2.27 bits per heavy atom. The summed E-state index contributed by atoms with van der Waals surface area (Å²) in [6, 6.07) is 4.57. The number of methoxy groups -OCH3 is 1. The molecule has 2 N–H and O–H groups in total. The third-order valence-corrected chi connectivity index (χ3v) is 2.54. The molecule has 1 aromatic rings. The van der Waals surface area contributed by atoms with Crippen LogP contribution in [0.1, 0.15) is 24.4 Å². The second-order valence-electron chi connectivity index (χ2n) is 3.38. The summed E-state index contributed by atoms with van der Waals surface area (Å²) in [6.45, 7) is 0.635. The maximum atomic E-state index is 13.5. The van der Waals surface area contributed by atoms with Crippen molar-refractivity contribution >= 4 is 11.6 Å². The SMILES string of the molecule is COCCCC(N)c1cccc(Cl)c1F. The molecule has 1 rings (SSSR count). The summed E-state index contributed by atoms with van der Waals surface area (Å²) in [5.41, 5.74) is 6.32. The van der Waals surface area contributed by atoms with Crippen molar-refractivity contribution in [3.63, 3.8) is 0 Å². The summed E-state index contributed by atoms with van der Waals surface area (Å²) in [6.07, 6.45) is 1.49. The zero-order valence-corrected chi connectivity index (χ0v) is 9.43. The minimum atomic E-state index is -0.413. The molecule has 0 fully saturated rings. The number of hydrogen-bond acceptors (Lipinski definition) is 2. The van der Waals surface area contributed by atoms with Gasteiger partial charge >= 0.3 is 0 Å². The maximum absolute atomic E-state index is 13.5. The average molecular weight is 232 g/mol. The van der Waals surface area contributed by atoms with E-state index in [1.165, 1.54) is 6.07 Å². The van der Waals surface area contributed by atoms with E-state index >= 15 is 0 Å². The normalized spacial score (nSPS) is 12.8. The number of rotatable bonds is 5. The predicted octanol–water partition coefficient (Wildman–Crippen LogP) is 2.91. The molecule has 1 atom stereocenters. The Morgan fingerprint density at radius 1 is 1.53 bits per heavy atom. The van der Waals surface area contributed by atoms with Crippen LogP contribution in [0.5, 0.6) is 0 Å². The zero-order valence-electron chi connectivity index (χ0n) is 8.67. The fourth-order valence-corrected chi connectivity index (χ4v) is 1.59. The van der Waals surface area contributed by atoms with E-state index < -0.39 is 5.82 Å². The van der Waals surface area contributed by atoms with Gasteiger partial charge in [-0.05, 0) is 18.9 Å². The van der Waals surface area contributed by atoms with Gasteiger partial charge in [0.1, 0.15) is 5.82 Å².